The van der Waals surface area contributed by atoms with Crippen LogP contribution in [0, 0.1) is 0 Å². The van der Waals surface area contributed by atoms with Crippen molar-refractivity contribution in [3.05, 3.63) is 28.3 Å². The van der Waals surface area contributed by atoms with E-state index in [9.17, 15) is 27.9 Å². The molecule has 0 spiro atoms. The van der Waals surface area contributed by atoms with Crippen LogP contribution in [-0.2, 0) is 22.1 Å². The molecular formula is C15H18ClF3N2O4. The Balaban J connectivity index is 3.05. The molecule has 1 atom stereocenters. The van der Waals surface area contributed by atoms with Crippen molar-refractivity contribution in [3.63, 3.8) is 0 Å². The summed E-state index contributed by atoms with van der Waals surface area (Å²) in [5.74, 6) is -1.44. The molecule has 0 saturated carbocycles. The normalized spacial score (nSPS) is 13.2. The molecule has 0 aliphatic rings. The lowest BCUT2D eigenvalue weighted by molar-refractivity contribution is -0.139. The molecule has 6 nitrogen and oxygen atoms in total. The summed E-state index contributed by atoms with van der Waals surface area (Å²) < 4.78 is 43.8. The van der Waals surface area contributed by atoms with E-state index < -0.39 is 47.6 Å². The minimum absolute atomic E-state index is 0.0463. The Morgan fingerprint density at radius 3 is 2.32 bits per heavy atom. The van der Waals surface area contributed by atoms with E-state index in [1.54, 1.807) is 20.8 Å². The van der Waals surface area contributed by atoms with Gasteiger partial charge in [0.25, 0.3) is 0 Å². The molecular weight excluding hydrogens is 365 g/mol. The van der Waals surface area contributed by atoms with E-state index in [0.29, 0.717) is 6.07 Å². The number of carbonyl (C=O) groups excluding carboxylic acids is 1. The first-order valence-corrected chi connectivity index (χ1v) is 7.46. The van der Waals surface area contributed by atoms with Crippen LogP contribution in [0.3, 0.4) is 0 Å². The average Bonchev–Trinajstić information content (AvgIpc) is 2.38. The molecule has 0 aliphatic heterocycles. The summed E-state index contributed by atoms with van der Waals surface area (Å²) in [6, 6.07) is 0.322. The standard InChI is InChI=1S/C15H18ClF3N2O4/c1-14(2,3)25-13(24)21-10(12(22)23)6-7-4-8(15(17,18)19)11(20)9(16)5-7/h4-5,10H,6,20H2,1-3H3,(H,21,24)(H,22,23). The van der Waals surface area contributed by atoms with E-state index in [1.807, 2.05) is 0 Å². The lowest BCUT2D eigenvalue weighted by Gasteiger charge is -2.22. The van der Waals surface area contributed by atoms with Gasteiger partial charge in [0.05, 0.1) is 16.3 Å². The van der Waals surface area contributed by atoms with Crippen LogP contribution in [0.1, 0.15) is 31.9 Å². The summed E-state index contributed by atoms with van der Waals surface area (Å²) in [7, 11) is 0. The molecule has 1 rings (SSSR count). The highest BCUT2D eigenvalue weighted by molar-refractivity contribution is 6.33. The Bertz CT molecular complexity index is 672. The third-order valence-electron chi connectivity index (χ3n) is 2.92. The number of halogens is 4. The van der Waals surface area contributed by atoms with Gasteiger partial charge in [-0.2, -0.15) is 13.2 Å². The summed E-state index contributed by atoms with van der Waals surface area (Å²) in [6.45, 7) is 4.74. The van der Waals surface area contributed by atoms with Gasteiger partial charge < -0.3 is 20.9 Å². The Morgan fingerprint density at radius 2 is 1.88 bits per heavy atom. The van der Waals surface area contributed by atoms with Crippen LogP contribution in [-0.4, -0.2) is 28.8 Å². The van der Waals surface area contributed by atoms with Crippen molar-refractivity contribution in [2.45, 2.75) is 45.0 Å². The molecule has 0 aromatic heterocycles. The van der Waals surface area contributed by atoms with E-state index in [1.165, 1.54) is 0 Å². The fourth-order valence-electron chi connectivity index (χ4n) is 1.91. The largest absolute Gasteiger partial charge is 0.480 e. The molecule has 1 amide bonds. The van der Waals surface area contributed by atoms with Crippen LogP contribution in [0.4, 0.5) is 23.7 Å². The number of anilines is 1. The SMILES string of the molecule is CC(C)(C)OC(=O)NC(Cc1cc(Cl)c(N)c(C(F)(F)F)c1)C(=O)O. The molecule has 0 heterocycles. The highest BCUT2D eigenvalue weighted by Crippen LogP contribution is 2.38. The van der Waals surface area contributed by atoms with Gasteiger partial charge in [-0.3, -0.25) is 0 Å². The number of carbonyl (C=O) groups is 2. The highest BCUT2D eigenvalue weighted by atomic mass is 35.5. The number of rotatable bonds is 4. The Labute approximate surface area is 147 Å². The predicted molar refractivity (Wildman–Crippen MR) is 85.4 cm³/mol. The number of nitrogens with one attached hydrogen (secondary N) is 1. The van der Waals surface area contributed by atoms with Gasteiger partial charge in [0, 0.05) is 6.42 Å². The van der Waals surface area contributed by atoms with E-state index in [4.69, 9.17) is 22.1 Å². The number of nitrogen functional groups attached to an aromatic ring is 1. The van der Waals surface area contributed by atoms with Crippen molar-refractivity contribution in [1.29, 1.82) is 0 Å². The second kappa shape index (κ2) is 7.38. The molecule has 0 saturated heterocycles. The van der Waals surface area contributed by atoms with Crippen molar-refractivity contribution >= 4 is 29.4 Å². The lowest BCUT2D eigenvalue weighted by Crippen LogP contribution is -2.44. The van der Waals surface area contributed by atoms with Crippen molar-refractivity contribution < 1.29 is 32.6 Å². The number of carboxylic acid groups (broad SMARTS) is 1. The Morgan fingerprint density at radius 1 is 1.32 bits per heavy atom. The molecule has 25 heavy (non-hydrogen) atoms. The second-order valence-corrected chi connectivity index (χ2v) is 6.69. The molecule has 140 valence electrons. The van der Waals surface area contributed by atoms with E-state index >= 15 is 0 Å². The van der Waals surface area contributed by atoms with Crippen molar-refractivity contribution in [3.8, 4) is 0 Å². The van der Waals surface area contributed by atoms with E-state index in [2.05, 4.69) is 5.32 Å². The number of ether oxygens (including phenoxy) is 1. The van der Waals surface area contributed by atoms with Gasteiger partial charge in [-0.05, 0) is 38.5 Å². The van der Waals surface area contributed by atoms with E-state index in [-0.39, 0.29) is 10.6 Å². The lowest BCUT2D eigenvalue weighted by atomic mass is 10.0. The highest BCUT2D eigenvalue weighted by Gasteiger charge is 2.35. The summed E-state index contributed by atoms with van der Waals surface area (Å²) in [6.07, 6.45) is -6.18. The first kappa shape index (κ1) is 20.9. The molecule has 0 radical (unpaired) electrons. The van der Waals surface area contributed by atoms with Gasteiger partial charge in [-0.1, -0.05) is 11.6 Å². The predicted octanol–water partition coefficient (Wildman–Crippen LogP) is 3.46. The number of carboxylic acids is 1. The zero-order chi connectivity index (χ0) is 19.6. The smallest absolute Gasteiger partial charge is 0.418 e. The zero-order valence-corrected chi connectivity index (χ0v) is 14.5. The molecule has 4 N–H and O–H groups in total. The summed E-state index contributed by atoms with van der Waals surface area (Å²) in [5.41, 5.74) is 2.60. The molecule has 0 fully saturated rings. The third-order valence-corrected chi connectivity index (χ3v) is 3.24. The number of hydrogen-bond donors (Lipinski definition) is 3. The maximum atomic E-state index is 13.0. The van der Waals surface area contributed by atoms with Gasteiger partial charge in [0.2, 0.25) is 0 Å². The zero-order valence-electron chi connectivity index (χ0n) is 13.7. The fourth-order valence-corrected chi connectivity index (χ4v) is 2.15. The first-order chi connectivity index (χ1) is 11.2. The Hall–Kier alpha value is -2.16. The quantitative estimate of drug-likeness (QED) is 0.692. The second-order valence-electron chi connectivity index (χ2n) is 6.28. The number of alkyl halides is 3. The number of hydrogen-bond acceptors (Lipinski definition) is 4. The van der Waals surface area contributed by atoms with Crippen LogP contribution in [0.15, 0.2) is 12.1 Å². The summed E-state index contributed by atoms with van der Waals surface area (Å²) in [4.78, 5) is 23.0. The van der Waals surface area contributed by atoms with Gasteiger partial charge in [0.1, 0.15) is 11.6 Å². The monoisotopic (exact) mass is 382 g/mol. The van der Waals surface area contributed by atoms with Gasteiger partial charge in [-0.15, -0.1) is 0 Å². The maximum Gasteiger partial charge on any atom is 0.418 e. The van der Waals surface area contributed by atoms with Gasteiger partial charge in [-0.25, -0.2) is 9.59 Å². The molecule has 10 heteroatoms. The number of alkyl carbamates (subject to hydrolysis) is 1. The van der Waals surface area contributed by atoms with Crippen molar-refractivity contribution in [2.75, 3.05) is 5.73 Å². The average molecular weight is 383 g/mol. The molecule has 0 bridgehead atoms. The van der Waals surface area contributed by atoms with Crippen LogP contribution in [0.2, 0.25) is 5.02 Å². The van der Waals surface area contributed by atoms with Crippen molar-refractivity contribution in [1.82, 2.24) is 5.32 Å². The number of nitrogens with two attached hydrogens (primary N) is 1. The van der Waals surface area contributed by atoms with Crippen LogP contribution < -0.4 is 11.1 Å². The molecule has 1 aromatic rings. The molecule has 1 aromatic carbocycles. The van der Waals surface area contributed by atoms with Gasteiger partial charge >= 0.3 is 18.2 Å². The van der Waals surface area contributed by atoms with Crippen LogP contribution in [0.25, 0.3) is 0 Å². The first-order valence-electron chi connectivity index (χ1n) is 7.08. The minimum atomic E-state index is -4.75. The third kappa shape index (κ3) is 6.33. The number of aliphatic carboxylic acids is 1. The van der Waals surface area contributed by atoms with Crippen LogP contribution >= 0.6 is 11.6 Å². The fraction of sp³-hybridized carbons (Fsp3) is 0.467. The summed E-state index contributed by atoms with van der Waals surface area (Å²) in [5, 5.41) is 10.9. The Kier molecular flexibility index (Phi) is 6.17. The van der Waals surface area contributed by atoms with Crippen LogP contribution in [0.5, 0.6) is 0 Å². The minimum Gasteiger partial charge on any atom is -0.480 e. The number of benzene rings is 1. The molecule has 1 unspecified atom stereocenters. The van der Waals surface area contributed by atoms with E-state index in [0.717, 1.165) is 6.07 Å². The maximum absolute atomic E-state index is 13.0. The van der Waals surface area contributed by atoms with Crippen molar-refractivity contribution in [2.24, 2.45) is 0 Å². The summed E-state index contributed by atoms with van der Waals surface area (Å²) >= 11 is 5.70. The number of amides is 1. The molecule has 0 aliphatic carbocycles. The topological polar surface area (TPSA) is 102 Å². The van der Waals surface area contributed by atoms with Gasteiger partial charge in [0.15, 0.2) is 0 Å².